The number of sulfonamides is 1. The first kappa shape index (κ1) is 23.8. The summed E-state index contributed by atoms with van der Waals surface area (Å²) in [5.74, 6) is -0.0192. The summed E-state index contributed by atoms with van der Waals surface area (Å²) in [6.45, 7) is 3.82. The van der Waals surface area contributed by atoms with Crippen molar-refractivity contribution in [3.63, 3.8) is 0 Å². The fourth-order valence-electron chi connectivity index (χ4n) is 4.13. The van der Waals surface area contributed by atoms with E-state index in [4.69, 9.17) is 4.98 Å². The maximum Gasteiger partial charge on any atom is 0.243 e. The van der Waals surface area contributed by atoms with E-state index in [1.807, 2.05) is 47.9 Å². The van der Waals surface area contributed by atoms with Crippen molar-refractivity contribution < 1.29 is 13.2 Å². The van der Waals surface area contributed by atoms with Gasteiger partial charge >= 0.3 is 0 Å². The summed E-state index contributed by atoms with van der Waals surface area (Å²) in [5, 5.41) is 0.254. The molecule has 1 aliphatic heterocycles. The number of rotatable bonds is 7. The number of likely N-dealkylation sites (N-methyl/N-ethyl adjacent to an activating group) is 1. The topological polar surface area (TPSA) is 75.5 Å². The number of imidazole rings is 1. The molecule has 33 heavy (non-hydrogen) atoms. The molecule has 7 nitrogen and oxygen atoms in total. The highest BCUT2D eigenvalue weighted by molar-refractivity contribution is 8.00. The van der Waals surface area contributed by atoms with Crippen LogP contribution < -0.4 is 0 Å². The monoisotopic (exact) mass is 486 g/mol. The molecule has 0 aliphatic carbocycles. The predicted molar refractivity (Wildman–Crippen MR) is 132 cm³/mol. The molecule has 0 saturated carbocycles. The molecule has 1 saturated heterocycles. The summed E-state index contributed by atoms with van der Waals surface area (Å²) in [6.07, 6.45) is 2.86. The van der Waals surface area contributed by atoms with Gasteiger partial charge in [0.15, 0.2) is 5.16 Å². The Hall–Kier alpha value is -2.36. The smallest absolute Gasteiger partial charge is 0.243 e. The van der Waals surface area contributed by atoms with Crippen LogP contribution in [0.2, 0.25) is 0 Å². The minimum Gasteiger partial charge on any atom is -0.348 e. The van der Waals surface area contributed by atoms with Gasteiger partial charge in [-0.15, -0.1) is 0 Å². The van der Waals surface area contributed by atoms with E-state index >= 15 is 0 Å². The first-order valence-corrected chi connectivity index (χ1v) is 13.6. The average molecular weight is 487 g/mol. The summed E-state index contributed by atoms with van der Waals surface area (Å²) in [4.78, 5) is 19.7. The van der Waals surface area contributed by atoms with Crippen LogP contribution in [-0.2, 0) is 21.4 Å². The molecule has 1 aliphatic rings. The SMILES string of the molecule is CCn1c(S[C@H](C(=O)N(C)C)c2ccccc2)nc2cc(S(=O)(=O)N3CCCCC3)ccc21. The first-order chi connectivity index (χ1) is 15.8. The van der Waals surface area contributed by atoms with Gasteiger partial charge in [0.2, 0.25) is 15.9 Å². The van der Waals surface area contributed by atoms with Crippen LogP contribution in [0.25, 0.3) is 11.0 Å². The van der Waals surface area contributed by atoms with Gasteiger partial charge in [-0.1, -0.05) is 48.5 Å². The molecule has 1 fully saturated rings. The normalized spacial score (nSPS) is 16.1. The number of hydrogen-bond acceptors (Lipinski definition) is 5. The number of aryl methyl sites for hydroxylation is 1. The van der Waals surface area contributed by atoms with Crippen molar-refractivity contribution in [1.29, 1.82) is 0 Å². The molecule has 1 atom stereocenters. The summed E-state index contributed by atoms with van der Waals surface area (Å²) in [5.41, 5.74) is 2.40. The molecule has 0 unspecified atom stereocenters. The van der Waals surface area contributed by atoms with Crippen LogP contribution >= 0.6 is 11.8 Å². The quantitative estimate of drug-likeness (QED) is 0.469. The number of nitrogens with zero attached hydrogens (tertiary/aromatic N) is 4. The second-order valence-corrected chi connectivity index (χ2v) is 11.4. The van der Waals surface area contributed by atoms with E-state index in [2.05, 4.69) is 0 Å². The number of carbonyl (C=O) groups excluding carboxylic acids is 1. The zero-order chi connectivity index (χ0) is 23.6. The highest BCUT2D eigenvalue weighted by Crippen LogP contribution is 2.38. The van der Waals surface area contributed by atoms with Crippen LogP contribution in [0, 0.1) is 0 Å². The van der Waals surface area contributed by atoms with E-state index in [9.17, 15) is 13.2 Å². The van der Waals surface area contributed by atoms with Crippen LogP contribution in [0.4, 0.5) is 0 Å². The van der Waals surface area contributed by atoms with Gasteiger partial charge in [-0.25, -0.2) is 13.4 Å². The van der Waals surface area contributed by atoms with Gasteiger partial charge in [-0.3, -0.25) is 4.79 Å². The van der Waals surface area contributed by atoms with Crippen molar-refractivity contribution in [1.82, 2.24) is 18.8 Å². The number of piperidine rings is 1. The number of hydrogen-bond donors (Lipinski definition) is 0. The molecule has 2 heterocycles. The third-order valence-electron chi connectivity index (χ3n) is 5.94. The zero-order valence-corrected chi connectivity index (χ0v) is 20.9. The van der Waals surface area contributed by atoms with E-state index in [0.29, 0.717) is 30.3 Å². The number of thioether (sulfide) groups is 1. The maximum atomic E-state index is 13.2. The third kappa shape index (κ3) is 4.81. The van der Waals surface area contributed by atoms with Gasteiger partial charge in [0.25, 0.3) is 0 Å². The molecule has 1 aromatic heterocycles. The highest BCUT2D eigenvalue weighted by Gasteiger charge is 2.28. The van der Waals surface area contributed by atoms with Gasteiger partial charge in [-0.2, -0.15) is 4.31 Å². The molecular weight excluding hydrogens is 456 g/mol. The lowest BCUT2D eigenvalue weighted by atomic mass is 10.1. The Morgan fingerprint density at radius 3 is 2.42 bits per heavy atom. The van der Waals surface area contributed by atoms with Crippen molar-refractivity contribution >= 4 is 38.7 Å². The minimum absolute atomic E-state index is 0.0192. The molecule has 3 aromatic rings. The Kier molecular flexibility index (Phi) is 7.11. The third-order valence-corrected chi connectivity index (χ3v) is 9.07. The van der Waals surface area contributed by atoms with Crippen LogP contribution in [0.3, 0.4) is 0 Å². The summed E-state index contributed by atoms with van der Waals surface area (Å²) in [6, 6.07) is 14.8. The van der Waals surface area contributed by atoms with Crippen LogP contribution in [0.15, 0.2) is 58.6 Å². The van der Waals surface area contributed by atoms with Crippen LogP contribution in [0.1, 0.15) is 37.0 Å². The van der Waals surface area contributed by atoms with Crippen molar-refractivity contribution in [3.05, 3.63) is 54.1 Å². The molecule has 2 aromatic carbocycles. The van der Waals surface area contributed by atoms with Crippen molar-refractivity contribution in [2.45, 2.75) is 48.0 Å². The lowest BCUT2D eigenvalue weighted by Crippen LogP contribution is -2.35. The Balaban J connectivity index is 1.72. The van der Waals surface area contributed by atoms with Crippen molar-refractivity contribution in [2.75, 3.05) is 27.2 Å². The van der Waals surface area contributed by atoms with Crippen LogP contribution in [-0.4, -0.2) is 60.3 Å². The first-order valence-electron chi connectivity index (χ1n) is 11.3. The Bertz CT molecular complexity index is 1230. The molecule has 0 radical (unpaired) electrons. The van der Waals surface area contributed by atoms with Crippen molar-refractivity contribution in [2.24, 2.45) is 0 Å². The van der Waals surface area contributed by atoms with Gasteiger partial charge in [0.1, 0.15) is 5.25 Å². The standard InChI is InChI=1S/C24H30N4O3S2/c1-4-28-21-14-13-19(33(30,31)27-15-9-6-10-16-27)17-20(21)25-24(28)32-22(23(29)26(2)3)18-11-7-5-8-12-18/h5,7-8,11-14,17,22H,4,6,9-10,15-16H2,1-3H3/t22-/m0/s1. The van der Waals surface area contributed by atoms with Gasteiger partial charge < -0.3 is 9.47 Å². The highest BCUT2D eigenvalue weighted by atomic mass is 32.2. The second kappa shape index (κ2) is 9.87. The molecule has 1 amide bonds. The number of aromatic nitrogens is 2. The fourth-order valence-corrected chi connectivity index (χ4v) is 6.99. The molecule has 0 N–H and O–H groups in total. The van der Waals surface area contributed by atoms with E-state index in [1.54, 1.807) is 35.4 Å². The summed E-state index contributed by atoms with van der Waals surface area (Å²) in [7, 11) is -0.0393. The molecule has 0 spiro atoms. The average Bonchev–Trinajstić information content (AvgIpc) is 3.19. The number of amides is 1. The van der Waals surface area contributed by atoms with Gasteiger partial charge in [0, 0.05) is 33.7 Å². The fraction of sp³-hybridized carbons (Fsp3) is 0.417. The predicted octanol–water partition coefficient (Wildman–Crippen LogP) is 4.15. The van der Waals surface area contributed by atoms with Gasteiger partial charge in [0.05, 0.1) is 15.9 Å². The maximum absolute atomic E-state index is 13.2. The molecule has 0 bridgehead atoms. The Morgan fingerprint density at radius 2 is 1.79 bits per heavy atom. The van der Waals surface area contributed by atoms with Gasteiger partial charge in [-0.05, 0) is 43.5 Å². The Labute approximate surface area is 199 Å². The minimum atomic E-state index is -3.54. The van der Waals surface area contributed by atoms with Crippen LogP contribution in [0.5, 0.6) is 0 Å². The van der Waals surface area contributed by atoms with E-state index < -0.39 is 15.3 Å². The number of benzene rings is 2. The molecular formula is C24H30N4O3S2. The molecule has 176 valence electrons. The Morgan fingerprint density at radius 1 is 1.09 bits per heavy atom. The molecule has 9 heteroatoms. The zero-order valence-electron chi connectivity index (χ0n) is 19.3. The molecule has 4 rings (SSSR count). The number of fused-ring (bicyclic) bond motifs is 1. The summed E-state index contributed by atoms with van der Waals surface area (Å²) < 4.78 is 29.9. The number of carbonyl (C=O) groups is 1. The lowest BCUT2D eigenvalue weighted by Gasteiger charge is -2.25. The lowest BCUT2D eigenvalue weighted by molar-refractivity contribution is -0.128. The largest absolute Gasteiger partial charge is 0.348 e. The van der Waals surface area contributed by atoms with E-state index in [-0.39, 0.29) is 10.8 Å². The van der Waals surface area contributed by atoms with E-state index in [1.165, 1.54) is 11.8 Å². The van der Waals surface area contributed by atoms with E-state index in [0.717, 1.165) is 30.3 Å². The second-order valence-electron chi connectivity index (χ2n) is 8.40. The van der Waals surface area contributed by atoms with Crippen molar-refractivity contribution in [3.8, 4) is 0 Å². The summed E-state index contributed by atoms with van der Waals surface area (Å²) >= 11 is 1.40.